The summed E-state index contributed by atoms with van der Waals surface area (Å²) in [5.41, 5.74) is 2.24. The fourth-order valence-corrected chi connectivity index (χ4v) is 5.80. The third-order valence-electron chi connectivity index (χ3n) is 7.47. The van der Waals surface area contributed by atoms with E-state index in [0.717, 1.165) is 36.8 Å². The van der Waals surface area contributed by atoms with Gasteiger partial charge in [0.15, 0.2) is 0 Å². The molecule has 38 heavy (non-hydrogen) atoms. The summed E-state index contributed by atoms with van der Waals surface area (Å²) >= 11 is 0. The van der Waals surface area contributed by atoms with E-state index >= 15 is 0 Å². The summed E-state index contributed by atoms with van der Waals surface area (Å²) in [7, 11) is 0. The van der Waals surface area contributed by atoms with Crippen LogP contribution >= 0.6 is 0 Å². The molecule has 1 saturated heterocycles. The number of non-ortho nitro benzene ring substituents is 1. The van der Waals surface area contributed by atoms with Crippen LogP contribution in [-0.4, -0.2) is 62.0 Å². The molecule has 6 rings (SSSR count). The van der Waals surface area contributed by atoms with Crippen LogP contribution in [0.3, 0.4) is 0 Å². The van der Waals surface area contributed by atoms with Gasteiger partial charge in [-0.25, -0.2) is 0 Å². The van der Waals surface area contributed by atoms with E-state index in [2.05, 4.69) is 15.2 Å². The number of aliphatic hydroxyl groups is 1. The van der Waals surface area contributed by atoms with Gasteiger partial charge < -0.3 is 19.6 Å². The van der Waals surface area contributed by atoms with Crippen molar-refractivity contribution in [1.29, 1.82) is 0 Å². The third-order valence-corrected chi connectivity index (χ3v) is 7.47. The number of imide groups is 1. The second-order valence-corrected chi connectivity index (χ2v) is 9.92. The average molecular weight is 514 g/mol. The number of hydrogen-bond acceptors (Lipinski definition) is 6. The zero-order valence-corrected chi connectivity index (χ0v) is 20.6. The lowest BCUT2D eigenvalue weighted by Gasteiger charge is -2.28. The summed E-state index contributed by atoms with van der Waals surface area (Å²) in [4.78, 5) is 43.2. The van der Waals surface area contributed by atoms with E-state index in [0.29, 0.717) is 23.2 Å². The Hall–Kier alpha value is -4.28. The second-order valence-electron chi connectivity index (χ2n) is 9.92. The Morgan fingerprint density at radius 3 is 2.45 bits per heavy atom. The number of aromatic nitrogens is 2. The number of nitro groups is 1. The highest BCUT2D eigenvalue weighted by molar-refractivity contribution is 6.51. The number of nitro benzene ring substituents is 1. The van der Waals surface area contributed by atoms with Gasteiger partial charge in [0.2, 0.25) is 0 Å². The first kappa shape index (κ1) is 24.1. The Balaban J connectivity index is 1.51. The second kappa shape index (κ2) is 9.55. The van der Waals surface area contributed by atoms with Crippen molar-refractivity contribution in [2.75, 3.05) is 19.6 Å². The summed E-state index contributed by atoms with van der Waals surface area (Å²) in [5.74, 6) is -1.17. The van der Waals surface area contributed by atoms with Crippen LogP contribution < -0.4 is 5.32 Å². The number of carbonyl (C=O) groups is 2. The van der Waals surface area contributed by atoms with Crippen molar-refractivity contribution in [3.63, 3.8) is 0 Å². The fourth-order valence-electron chi connectivity index (χ4n) is 5.80. The Bertz CT molecular complexity index is 1630. The molecule has 2 aromatic heterocycles. The highest BCUT2D eigenvalue weighted by Crippen LogP contribution is 2.41. The van der Waals surface area contributed by atoms with Crippen LogP contribution in [0.15, 0.2) is 54.9 Å². The predicted molar refractivity (Wildman–Crippen MR) is 143 cm³/mol. The van der Waals surface area contributed by atoms with Crippen LogP contribution in [-0.2, 0) is 16.1 Å². The van der Waals surface area contributed by atoms with E-state index in [1.54, 1.807) is 29.1 Å². The number of aliphatic hydroxyl groups excluding tert-OH is 1. The predicted octanol–water partition coefficient (Wildman–Crippen LogP) is 3.44. The SMILES string of the molecule is O=C1NC(=O)C(c2cn(CC(O)CN3CCCCC3)c3cccc([N+](=O)[O-])c23)=C1c1c[nH]c2ccccc12. The van der Waals surface area contributed by atoms with Gasteiger partial charge in [0.1, 0.15) is 0 Å². The number of nitrogens with zero attached hydrogens (tertiary/aromatic N) is 3. The highest BCUT2D eigenvalue weighted by Gasteiger charge is 2.36. The van der Waals surface area contributed by atoms with Gasteiger partial charge in [-0.1, -0.05) is 30.7 Å². The molecule has 2 aromatic carbocycles. The molecule has 2 aliphatic heterocycles. The van der Waals surface area contributed by atoms with Crippen LogP contribution in [0.1, 0.15) is 30.4 Å². The van der Waals surface area contributed by atoms with Crippen molar-refractivity contribution < 1.29 is 19.6 Å². The number of nitrogens with one attached hydrogen (secondary N) is 2. The molecule has 2 amide bonds. The van der Waals surface area contributed by atoms with Gasteiger partial charge in [-0.3, -0.25) is 25.0 Å². The minimum atomic E-state index is -0.711. The minimum absolute atomic E-state index is 0.0864. The standard InChI is InChI=1S/C28H27N5O5/c34-17(14-31-11-4-1-5-12-31)15-32-16-20(24-22(32)9-6-10-23(24)33(37)38)26-25(27(35)30-28(26)36)19-13-29-21-8-3-2-7-18(19)21/h2-3,6-10,13,16-17,29,34H,1,4-5,11-12,14-15H2,(H,30,35,36). The van der Waals surface area contributed by atoms with E-state index in [1.807, 2.05) is 24.3 Å². The number of H-pyrrole nitrogens is 1. The first-order chi connectivity index (χ1) is 18.4. The molecule has 3 N–H and O–H groups in total. The quantitative estimate of drug-likeness (QED) is 0.197. The lowest BCUT2D eigenvalue weighted by atomic mass is 9.95. The lowest BCUT2D eigenvalue weighted by molar-refractivity contribution is -0.383. The van der Waals surface area contributed by atoms with Gasteiger partial charge in [0, 0.05) is 53.6 Å². The van der Waals surface area contributed by atoms with E-state index in [1.165, 1.54) is 12.5 Å². The molecule has 4 heterocycles. The number of hydrogen-bond donors (Lipinski definition) is 3. The molecule has 194 valence electrons. The first-order valence-corrected chi connectivity index (χ1v) is 12.8. The normalized spacial score (nSPS) is 17.5. The molecule has 1 fully saturated rings. The zero-order valence-electron chi connectivity index (χ0n) is 20.6. The van der Waals surface area contributed by atoms with Gasteiger partial charge in [0.05, 0.1) is 33.1 Å². The van der Waals surface area contributed by atoms with Crippen molar-refractivity contribution >= 4 is 50.5 Å². The topological polar surface area (TPSA) is 134 Å². The number of fused-ring (bicyclic) bond motifs is 2. The smallest absolute Gasteiger partial charge is 0.279 e. The van der Waals surface area contributed by atoms with Crippen LogP contribution in [0.4, 0.5) is 5.69 Å². The number of β-amino-alcohol motifs (C(OH)–C–C–N with tert-alkyl or cyclic N) is 1. The van der Waals surface area contributed by atoms with Crippen LogP contribution in [0, 0.1) is 10.1 Å². The third kappa shape index (κ3) is 4.07. The van der Waals surface area contributed by atoms with Crippen molar-refractivity contribution in [1.82, 2.24) is 19.8 Å². The summed E-state index contributed by atoms with van der Waals surface area (Å²) in [6.07, 6.45) is 6.01. The number of benzene rings is 2. The molecular formula is C28H27N5O5. The molecule has 0 spiro atoms. The van der Waals surface area contributed by atoms with E-state index in [-0.39, 0.29) is 28.8 Å². The van der Waals surface area contributed by atoms with Crippen molar-refractivity contribution in [3.05, 3.63) is 76.1 Å². The average Bonchev–Trinajstić information content (AvgIpc) is 3.57. The molecule has 0 saturated carbocycles. The van der Waals surface area contributed by atoms with Crippen LogP contribution in [0.25, 0.3) is 33.0 Å². The molecule has 0 bridgehead atoms. The van der Waals surface area contributed by atoms with Gasteiger partial charge >= 0.3 is 0 Å². The van der Waals surface area contributed by atoms with Crippen molar-refractivity contribution in [2.45, 2.75) is 31.9 Å². The summed E-state index contributed by atoms with van der Waals surface area (Å²) in [6.45, 7) is 2.55. The monoisotopic (exact) mass is 513 g/mol. The molecule has 1 atom stereocenters. The van der Waals surface area contributed by atoms with E-state index < -0.39 is 22.8 Å². The number of aromatic amines is 1. The number of likely N-dealkylation sites (tertiary alicyclic amines) is 1. The number of carbonyl (C=O) groups excluding carboxylic acids is 2. The number of piperidine rings is 1. The number of rotatable bonds is 7. The van der Waals surface area contributed by atoms with Crippen molar-refractivity contribution in [2.24, 2.45) is 0 Å². The molecule has 4 aromatic rings. The maximum atomic E-state index is 13.2. The van der Waals surface area contributed by atoms with E-state index in [4.69, 9.17) is 0 Å². The van der Waals surface area contributed by atoms with Crippen LogP contribution in [0.2, 0.25) is 0 Å². The van der Waals surface area contributed by atoms with Crippen molar-refractivity contribution in [3.8, 4) is 0 Å². The highest BCUT2D eigenvalue weighted by atomic mass is 16.6. The lowest BCUT2D eigenvalue weighted by Crippen LogP contribution is -2.37. The summed E-state index contributed by atoms with van der Waals surface area (Å²) in [5, 5.41) is 26.4. The van der Waals surface area contributed by atoms with E-state index in [9.17, 15) is 24.8 Å². The largest absolute Gasteiger partial charge is 0.390 e. The van der Waals surface area contributed by atoms with Gasteiger partial charge in [-0.2, -0.15) is 0 Å². The molecule has 10 heteroatoms. The van der Waals surface area contributed by atoms with Gasteiger partial charge in [0.25, 0.3) is 17.5 Å². The van der Waals surface area contributed by atoms with Gasteiger partial charge in [-0.15, -0.1) is 0 Å². The number of amides is 2. The fraction of sp³-hybridized carbons (Fsp3) is 0.286. The summed E-state index contributed by atoms with van der Waals surface area (Å²) < 4.78 is 1.75. The molecule has 0 aliphatic carbocycles. The summed E-state index contributed by atoms with van der Waals surface area (Å²) in [6, 6.07) is 12.1. The van der Waals surface area contributed by atoms with Gasteiger partial charge in [-0.05, 0) is 38.1 Å². The molecule has 1 unspecified atom stereocenters. The van der Waals surface area contributed by atoms with Crippen LogP contribution in [0.5, 0.6) is 0 Å². The Morgan fingerprint density at radius 1 is 0.947 bits per heavy atom. The zero-order chi connectivity index (χ0) is 26.4. The molecule has 2 aliphatic rings. The number of para-hydroxylation sites is 1. The maximum absolute atomic E-state index is 13.2. The molecular weight excluding hydrogens is 486 g/mol. The maximum Gasteiger partial charge on any atom is 0.279 e. The Kier molecular flexibility index (Phi) is 6.05. The Morgan fingerprint density at radius 2 is 1.68 bits per heavy atom. The first-order valence-electron chi connectivity index (χ1n) is 12.8. The minimum Gasteiger partial charge on any atom is -0.390 e. The Labute approximate surface area is 217 Å². The molecule has 10 nitrogen and oxygen atoms in total. The molecule has 0 radical (unpaired) electrons.